The van der Waals surface area contributed by atoms with Crippen molar-refractivity contribution in [3.63, 3.8) is 0 Å². The van der Waals surface area contributed by atoms with Crippen LogP contribution in [0.4, 0.5) is 34.1 Å². The molecule has 278 valence electrons. The first kappa shape index (κ1) is 36.1. The molecule has 11 nitrogen and oxygen atoms in total. The molecule has 2 aromatic rings. The van der Waals surface area contributed by atoms with Crippen LogP contribution in [0.2, 0.25) is 5.02 Å². The number of carbonyl (C=O) groups excluding carboxylic acids is 3. The third-order valence-corrected chi connectivity index (χ3v) is 12.5. The highest BCUT2D eigenvalue weighted by Crippen LogP contribution is 2.40. The molecule has 2 N–H and O–H groups in total. The van der Waals surface area contributed by atoms with E-state index >= 15 is 0 Å². The maximum absolute atomic E-state index is 14.1. The van der Waals surface area contributed by atoms with E-state index in [2.05, 4.69) is 20.4 Å². The second-order valence-electron chi connectivity index (χ2n) is 14.3. The molecule has 8 rings (SSSR count). The van der Waals surface area contributed by atoms with Crippen molar-refractivity contribution in [1.29, 1.82) is 0 Å². The number of rotatable bonds is 7. The number of hydrogen-bond donors (Lipinski definition) is 2. The smallest absolute Gasteiger partial charge is 0.418 e. The first-order chi connectivity index (χ1) is 24.5. The maximum Gasteiger partial charge on any atom is 0.418 e. The van der Waals surface area contributed by atoms with Gasteiger partial charge in [-0.05, 0) is 79.8 Å². The first-order valence-corrected chi connectivity index (χ1v) is 19.2. The molecule has 5 saturated heterocycles. The summed E-state index contributed by atoms with van der Waals surface area (Å²) in [6.07, 6.45) is -2.81. The van der Waals surface area contributed by atoms with Crippen LogP contribution in [0.15, 0.2) is 22.9 Å². The van der Waals surface area contributed by atoms with E-state index in [4.69, 9.17) is 16.3 Å². The molecule has 1 unspecified atom stereocenters. The highest BCUT2D eigenvalue weighted by molar-refractivity contribution is 7.08. The van der Waals surface area contributed by atoms with Crippen molar-refractivity contribution in [2.75, 3.05) is 83.1 Å². The highest BCUT2D eigenvalue weighted by atomic mass is 35.5. The Morgan fingerprint density at radius 2 is 1.73 bits per heavy atom. The molecule has 7 heterocycles. The highest BCUT2D eigenvalue weighted by Gasteiger charge is 2.41. The first-order valence-electron chi connectivity index (χ1n) is 17.9. The Kier molecular flexibility index (Phi) is 10.6. The van der Waals surface area contributed by atoms with Gasteiger partial charge in [-0.15, -0.1) is 11.3 Å². The minimum absolute atomic E-state index is 0.0692. The molecule has 0 radical (unpaired) electrons. The summed E-state index contributed by atoms with van der Waals surface area (Å²) in [6.45, 7) is 6.79. The molecule has 16 heteroatoms. The number of nitrogens with zero attached hydrogens (tertiary/aromatic N) is 5. The number of halogens is 4. The van der Waals surface area contributed by atoms with Crippen LogP contribution in [0.3, 0.4) is 0 Å². The molecule has 6 aliphatic heterocycles. The fourth-order valence-electron chi connectivity index (χ4n) is 8.54. The summed E-state index contributed by atoms with van der Waals surface area (Å²) in [5.74, 6) is 0.230. The summed E-state index contributed by atoms with van der Waals surface area (Å²) in [7, 11) is 1.36. The number of anilines is 2. The molecule has 0 spiro atoms. The lowest BCUT2D eigenvalue weighted by Gasteiger charge is -2.51. The topological polar surface area (TPSA) is 101 Å². The minimum atomic E-state index is -4.69. The van der Waals surface area contributed by atoms with Crippen LogP contribution < -0.4 is 10.6 Å². The zero-order valence-corrected chi connectivity index (χ0v) is 30.3. The Hall–Kier alpha value is -3.27. The molecule has 1 aromatic carbocycles. The van der Waals surface area contributed by atoms with Gasteiger partial charge in [-0.1, -0.05) is 11.6 Å². The van der Waals surface area contributed by atoms with E-state index in [0.717, 1.165) is 43.4 Å². The molecule has 0 saturated carbocycles. The van der Waals surface area contributed by atoms with E-state index in [-0.39, 0.29) is 34.8 Å². The van der Waals surface area contributed by atoms with Crippen molar-refractivity contribution in [3.05, 3.63) is 44.6 Å². The molecular formula is C35H45ClF3N7O4S. The third kappa shape index (κ3) is 7.77. The molecule has 4 amide bonds. The lowest BCUT2D eigenvalue weighted by Crippen LogP contribution is -2.62. The van der Waals surface area contributed by atoms with Crippen molar-refractivity contribution >= 4 is 52.3 Å². The summed E-state index contributed by atoms with van der Waals surface area (Å²) in [5, 5.41) is 9.35. The van der Waals surface area contributed by atoms with Gasteiger partial charge in [0.2, 0.25) is 0 Å². The summed E-state index contributed by atoms with van der Waals surface area (Å²) >= 11 is 7.85. The number of alkyl halides is 3. The second-order valence-corrected chi connectivity index (χ2v) is 15.4. The Morgan fingerprint density at radius 3 is 2.37 bits per heavy atom. The number of thiophene rings is 1. The molecule has 6 aliphatic rings. The zero-order valence-electron chi connectivity index (χ0n) is 28.7. The van der Waals surface area contributed by atoms with E-state index < -0.39 is 29.8 Å². The summed E-state index contributed by atoms with van der Waals surface area (Å²) < 4.78 is 48.0. The molecule has 1 aromatic heterocycles. The fourth-order valence-corrected chi connectivity index (χ4v) is 9.70. The van der Waals surface area contributed by atoms with Crippen LogP contribution in [0.25, 0.3) is 0 Å². The molecule has 2 bridgehead atoms. The second kappa shape index (κ2) is 15.0. The zero-order chi connectivity index (χ0) is 35.9. The van der Waals surface area contributed by atoms with Gasteiger partial charge in [0.15, 0.2) is 6.10 Å². The molecular weight excluding hydrogens is 707 g/mol. The van der Waals surface area contributed by atoms with Gasteiger partial charge in [0.05, 0.1) is 22.0 Å². The van der Waals surface area contributed by atoms with Gasteiger partial charge in [0.1, 0.15) is 0 Å². The summed E-state index contributed by atoms with van der Waals surface area (Å²) in [4.78, 5) is 50.7. The van der Waals surface area contributed by atoms with Crippen LogP contribution >= 0.6 is 22.9 Å². The summed E-state index contributed by atoms with van der Waals surface area (Å²) in [6, 6.07) is 2.59. The van der Waals surface area contributed by atoms with Gasteiger partial charge in [-0.3, -0.25) is 9.69 Å². The van der Waals surface area contributed by atoms with Crippen LogP contribution in [0.1, 0.15) is 42.4 Å². The van der Waals surface area contributed by atoms with Crippen LogP contribution in [0.5, 0.6) is 0 Å². The normalized spacial score (nSPS) is 25.2. The number of amides is 4. The van der Waals surface area contributed by atoms with Gasteiger partial charge in [0, 0.05) is 83.3 Å². The lowest BCUT2D eigenvalue weighted by molar-refractivity contribution is -0.143. The predicted octanol–water partition coefficient (Wildman–Crippen LogP) is 5.30. The monoisotopic (exact) mass is 751 g/mol. The number of nitrogens with one attached hydrogen (secondary N) is 2. The average Bonchev–Trinajstić information content (AvgIpc) is 3.51. The van der Waals surface area contributed by atoms with Crippen molar-refractivity contribution < 1.29 is 32.3 Å². The van der Waals surface area contributed by atoms with Crippen LogP contribution in [-0.4, -0.2) is 133 Å². The standard InChI is InChI=1S/C35H45ClF3N7O4S/c1-40-31-26(35(37,38)39)16-22(17-27(31)36)18-30(32(47)44-14-12-43(13-15-44)29-19-42-7-2-23(29)3-8-42)50-34(49)45-9-5-25(6-10-45)46-11-4-24-20-51-21-28(24)41-33(46)48/h16-17,20-21,23,25,29-30,40H,2-15,18-19H2,1H3,(H,41,48)/t29?,30-/m1/s1. The third-order valence-electron chi connectivity index (χ3n) is 11.4. The van der Waals surface area contributed by atoms with Gasteiger partial charge in [0.25, 0.3) is 5.91 Å². The van der Waals surface area contributed by atoms with Crippen molar-refractivity contribution in [1.82, 2.24) is 24.5 Å². The Bertz CT molecular complexity index is 1600. The Balaban J connectivity index is 1.03. The summed E-state index contributed by atoms with van der Waals surface area (Å²) in [5.41, 5.74) is 0.882. The largest absolute Gasteiger partial charge is 0.436 e. The number of piperazine rings is 1. The number of fused-ring (bicyclic) bond motifs is 4. The SMILES string of the molecule is CNc1c(Cl)cc(C[C@@H](OC(=O)N2CCC(N3CCc4cscc4NC3=O)CC2)C(=O)N2CCN(C3CN4CCC3CC4)CC2)cc1C(F)(F)F. The molecule has 2 atom stereocenters. The Morgan fingerprint density at radius 1 is 1.00 bits per heavy atom. The van der Waals surface area contributed by atoms with E-state index in [1.165, 1.54) is 30.9 Å². The predicted molar refractivity (Wildman–Crippen MR) is 189 cm³/mol. The quantitative estimate of drug-likeness (QED) is 0.396. The molecule has 0 aliphatic carbocycles. The number of carbonyl (C=O) groups is 3. The molecule has 51 heavy (non-hydrogen) atoms. The van der Waals surface area contributed by atoms with Crippen LogP contribution in [-0.2, 0) is 28.5 Å². The van der Waals surface area contributed by atoms with Gasteiger partial charge < -0.3 is 35.0 Å². The number of hydrogen-bond acceptors (Lipinski definition) is 8. The lowest BCUT2D eigenvalue weighted by atomic mass is 9.83. The van der Waals surface area contributed by atoms with Gasteiger partial charge in [-0.2, -0.15) is 13.2 Å². The van der Waals surface area contributed by atoms with Gasteiger partial charge >= 0.3 is 18.3 Å². The number of piperidine rings is 4. The average molecular weight is 752 g/mol. The maximum atomic E-state index is 14.1. The van der Waals surface area contributed by atoms with E-state index in [9.17, 15) is 27.6 Å². The van der Waals surface area contributed by atoms with E-state index in [0.29, 0.717) is 70.6 Å². The number of benzene rings is 1. The van der Waals surface area contributed by atoms with E-state index in [1.54, 1.807) is 16.2 Å². The van der Waals surface area contributed by atoms with E-state index in [1.807, 2.05) is 15.7 Å². The van der Waals surface area contributed by atoms with Crippen molar-refractivity contribution in [2.45, 2.75) is 62.9 Å². The van der Waals surface area contributed by atoms with Crippen molar-refractivity contribution in [3.8, 4) is 0 Å². The molecule has 5 fully saturated rings. The number of likely N-dealkylation sites (tertiary alicyclic amines) is 1. The minimum Gasteiger partial charge on any atom is -0.436 e. The Labute approximate surface area is 305 Å². The fraction of sp³-hybridized carbons (Fsp3) is 0.629. The van der Waals surface area contributed by atoms with Crippen LogP contribution in [0, 0.1) is 5.92 Å². The van der Waals surface area contributed by atoms with Gasteiger partial charge in [-0.25, -0.2) is 9.59 Å². The number of urea groups is 1. The van der Waals surface area contributed by atoms with Crippen molar-refractivity contribution in [2.24, 2.45) is 5.92 Å². The number of ether oxygens (including phenoxy) is 1.